The number of aliphatic hydroxyl groups is 1. The van der Waals surface area contributed by atoms with Crippen LogP contribution in [-0.2, 0) is 9.09 Å². The number of rotatable bonds is 6. The summed E-state index contributed by atoms with van der Waals surface area (Å²) in [5.74, 6) is 0. The average molecular weight is 359 g/mol. The Labute approximate surface area is 134 Å². The number of halogens is 2. The van der Waals surface area contributed by atoms with E-state index in [1.807, 2.05) is 21.1 Å². The maximum Gasteiger partial charge on any atom is 0.469 e. The normalized spacial score (nSPS) is 11.7. The van der Waals surface area contributed by atoms with E-state index in [0.29, 0.717) is 11.0 Å². The zero-order valence-electron chi connectivity index (χ0n) is 13.1. The van der Waals surface area contributed by atoms with Crippen molar-refractivity contribution >= 4 is 7.82 Å². The van der Waals surface area contributed by atoms with Crippen LogP contribution in [0.3, 0.4) is 0 Å². The van der Waals surface area contributed by atoms with Crippen LogP contribution in [0, 0.1) is 0 Å². The van der Waals surface area contributed by atoms with E-state index in [1.54, 1.807) is 0 Å². The predicted molar refractivity (Wildman–Crippen MR) is 70.9 cm³/mol. The van der Waals surface area contributed by atoms with Crippen LogP contribution in [-0.4, -0.2) is 92.4 Å². The Balaban J connectivity index is -0.000000126. The SMILES string of the molecule is C[N+](C)(C)CCO.C[N+](C)(C)CCOP(=O)(O)O.[Cl-].[Cl-]. The Morgan fingerprint density at radius 3 is 1.40 bits per heavy atom. The second kappa shape index (κ2) is 12.1. The molecule has 0 aromatic carbocycles. The molecule has 10 heteroatoms. The molecule has 0 aliphatic rings. The molecule has 0 unspecified atom stereocenters. The molecule has 128 valence electrons. The lowest BCUT2D eigenvalue weighted by atomic mass is 10.5. The molecule has 0 aromatic rings. The molecule has 0 bridgehead atoms. The zero-order valence-corrected chi connectivity index (χ0v) is 15.5. The molecular formula is C10H29Cl2N2O5P. The van der Waals surface area contributed by atoms with Crippen molar-refractivity contribution in [3.8, 4) is 0 Å². The third-order valence-corrected chi connectivity index (χ3v) is 2.31. The molecule has 0 aliphatic carbocycles. The second-order valence-electron chi connectivity index (χ2n) is 6.08. The molecule has 0 rings (SSSR count). The van der Waals surface area contributed by atoms with E-state index in [4.69, 9.17) is 14.9 Å². The summed E-state index contributed by atoms with van der Waals surface area (Å²) >= 11 is 0. The van der Waals surface area contributed by atoms with E-state index in [-0.39, 0.29) is 38.0 Å². The first-order chi connectivity index (χ1) is 7.77. The number of hydrogen-bond donors (Lipinski definition) is 3. The van der Waals surface area contributed by atoms with E-state index in [9.17, 15) is 4.57 Å². The number of quaternary nitrogens is 2. The number of aliphatic hydroxyl groups excluding tert-OH is 1. The van der Waals surface area contributed by atoms with Crippen molar-refractivity contribution < 1.29 is 57.8 Å². The first-order valence-electron chi connectivity index (χ1n) is 5.69. The Hall–Kier alpha value is 0.570. The number of hydrogen-bond acceptors (Lipinski definition) is 3. The van der Waals surface area contributed by atoms with Crippen molar-refractivity contribution in [2.24, 2.45) is 0 Å². The first kappa shape index (κ1) is 28.7. The number of nitrogens with zero attached hydrogens (tertiary/aromatic N) is 2. The van der Waals surface area contributed by atoms with Gasteiger partial charge in [0.2, 0.25) is 0 Å². The van der Waals surface area contributed by atoms with Crippen molar-refractivity contribution in [1.29, 1.82) is 0 Å². The third kappa shape index (κ3) is 36.3. The van der Waals surface area contributed by atoms with Gasteiger partial charge in [-0.3, -0.25) is 4.52 Å². The van der Waals surface area contributed by atoms with Gasteiger partial charge in [-0.25, -0.2) is 4.57 Å². The van der Waals surface area contributed by atoms with Crippen LogP contribution < -0.4 is 24.8 Å². The van der Waals surface area contributed by atoms with E-state index in [0.717, 1.165) is 11.0 Å². The van der Waals surface area contributed by atoms with Crippen LogP contribution in [0.15, 0.2) is 0 Å². The smallest absolute Gasteiger partial charge is 0.469 e. The second-order valence-corrected chi connectivity index (χ2v) is 7.31. The maximum absolute atomic E-state index is 10.2. The van der Waals surface area contributed by atoms with E-state index in [1.165, 1.54) is 0 Å². The van der Waals surface area contributed by atoms with Gasteiger partial charge in [-0.05, 0) is 0 Å². The van der Waals surface area contributed by atoms with Gasteiger partial charge >= 0.3 is 7.82 Å². The van der Waals surface area contributed by atoms with Gasteiger partial charge in [0.25, 0.3) is 0 Å². The quantitative estimate of drug-likeness (QED) is 0.324. The molecule has 0 spiro atoms. The fourth-order valence-electron chi connectivity index (χ4n) is 0.734. The summed E-state index contributed by atoms with van der Waals surface area (Å²) in [5.41, 5.74) is 0. The highest BCUT2D eigenvalue weighted by atomic mass is 35.5. The largest absolute Gasteiger partial charge is 1.00 e. The lowest BCUT2D eigenvalue weighted by Gasteiger charge is -2.23. The molecule has 0 aliphatic heterocycles. The molecule has 0 saturated carbocycles. The lowest BCUT2D eigenvalue weighted by molar-refractivity contribution is -0.870. The van der Waals surface area contributed by atoms with Crippen molar-refractivity contribution in [3.63, 3.8) is 0 Å². The molecule has 0 atom stereocenters. The van der Waals surface area contributed by atoms with Gasteiger partial charge < -0.3 is 48.7 Å². The van der Waals surface area contributed by atoms with Crippen molar-refractivity contribution in [2.75, 3.05) is 68.6 Å². The summed E-state index contributed by atoms with van der Waals surface area (Å²) in [6.07, 6.45) is 0. The van der Waals surface area contributed by atoms with Gasteiger partial charge in [-0.1, -0.05) is 0 Å². The van der Waals surface area contributed by atoms with Gasteiger partial charge in [0.15, 0.2) is 0 Å². The highest BCUT2D eigenvalue weighted by Gasteiger charge is 2.15. The third-order valence-electron chi connectivity index (χ3n) is 1.79. The monoisotopic (exact) mass is 358 g/mol. The number of phosphoric acid groups is 1. The summed E-state index contributed by atoms with van der Waals surface area (Å²) in [7, 11) is 7.65. The Kier molecular flexibility index (Phi) is 17.4. The van der Waals surface area contributed by atoms with Gasteiger partial charge in [0.05, 0.1) is 48.9 Å². The minimum atomic E-state index is -4.26. The van der Waals surface area contributed by atoms with Crippen LogP contribution >= 0.6 is 7.82 Å². The lowest BCUT2D eigenvalue weighted by Crippen LogP contribution is -3.00. The summed E-state index contributed by atoms with van der Waals surface area (Å²) < 4.78 is 15.9. The molecule has 0 saturated heterocycles. The number of likely N-dealkylation sites (N-methyl/N-ethyl adjacent to an activating group) is 2. The zero-order chi connectivity index (χ0) is 15.0. The van der Waals surface area contributed by atoms with Crippen molar-refractivity contribution in [3.05, 3.63) is 0 Å². The maximum atomic E-state index is 10.2. The van der Waals surface area contributed by atoms with E-state index >= 15 is 0 Å². The molecule has 20 heavy (non-hydrogen) atoms. The standard InChI is InChI=1S/C5H14NO4P.C5H14NO.2ClH/c1-6(2,3)4-5-10-11(7,8)9;1-6(2,3)4-5-7;;/h4-5H2,1-3H3,(H-,7,8,9);7H,4-5H2,1-3H3;2*1H/q;+1;;/p-1. The summed E-state index contributed by atoms with van der Waals surface area (Å²) in [4.78, 5) is 16.6. The summed E-state index contributed by atoms with van der Waals surface area (Å²) in [6.45, 7) is 1.77. The molecule has 0 radical (unpaired) electrons. The predicted octanol–water partition coefficient (Wildman–Crippen LogP) is -6.51. The van der Waals surface area contributed by atoms with E-state index in [2.05, 4.69) is 25.7 Å². The molecule has 0 heterocycles. The molecule has 0 aromatic heterocycles. The van der Waals surface area contributed by atoms with Crippen LogP contribution in [0.4, 0.5) is 0 Å². The highest BCUT2D eigenvalue weighted by Crippen LogP contribution is 2.35. The molecule has 7 nitrogen and oxygen atoms in total. The van der Waals surface area contributed by atoms with Gasteiger partial charge in [-0.2, -0.15) is 0 Å². The van der Waals surface area contributed by atoms with Gasteiger partial charge in [0.1, 0.15) is 19.7 Å². The Bertz CT molecular complexity index is 263. The topological polar surface area (TPSA) is 87.0 Å². The molecule has 3 N–H and O–H groups in total. The highest BCUT2D eigenvalue weighted by molar-refractivity contribution is 7.46. The molecule has 0 amide bonds. The van der Waals surface area contributed by atoms with Crippen LogP contribution in [0.1, 0.15) is 0 Å². The fraction of sp³-hybridized carbons (Fsp3) is 1.00. The van der Waals surface area contributed by atoms with Crippen LogP contribution in [0.25, 0.3) is 0 Å². The Morgan fingerprint density at radius 1 is 0.900 bits per heavy atom. The van der Waals surface area contributed by atoms with Gasteiger partial charge in [-0.15, -0.1) is 0 Å². The van der Waals surface area contributed by atoms with Crippen LogP contribution in [0.2, 0.25) is 0 Å². The van der Waals surface area contributed by atoms with E-state index < -0.39 is 7.82 Å². The van der Waals surface area contributed by atoms with Gasteiger partial charge in [0, 0.05) is 0 Å². The van der Waals surface area contributed by atoms with Crippen LogP contribution in [0.5, 0.6) is 0 Å². The summed E-state index contributed by atoms with van der Waals surface area (Å²) in [6, 6.07) is 0. The fourth-order valence-corrected chi connectivity index (χ4v) is 1.05. The first-order valence-corrected chi connectivity index (χ1v) is 7.22. The Morgan fingerprint density at radius 2 is 1.25 bits per heavy atom. The molecule has 0 fully saturated rings. The average Bonchev–Trinajstić information content (AvgIpc) is 1.96. The summed E-state index contributed by atoms with van der Waals surface area (Å²) in [5, 5.41) is 8.39. The minimum Gasteiger partial charge on any atom is -1.00 e. The van der Waals surface area contributed by atoms with Crippen molar-refractivity contribution in [2.45, 2.75) is 0 Å². The van der Waals surface area contributed by atoms with Crippen molar-refractivity contribution in [1.82, 2.24) is 0 Å². The molecular weight excluding hydrogens is 330 g/mol. The minimum absolute atomic E-state index is 0. The number of phosphoric ester groups is 1.